The zero-order valence-electron chi connectivity index (χ0n) is 16.0. The van der Waals surface area contributed by atoms with Crippen molar-refractivity contribution in [3.05, 3.63) is 81.5 Å². The van der Waals surface area contributed by atoms with E-state index in [2.05, 4.69) is 10.5 Å². The van der Waals surface area contributed by atoms with Crippen molar-refractivity contribution in [1.82, 2.24) is 5.43 Å². The van der Waals surface area contributed by atoms with Crippen LogP contribution in [-0.4, -0.2) is 24.7 Å². The van der Waals surface area contributed by atoms with Crippen LogP contribution in [0.5, 0.6) is 11.5 Å². The van der Waals surface area contributed by atoms with E-state index in [-0.39, 0.29) is 12.5 Å². The number of esters is 1. The molecule has 0 aliphatic heterocycles. The summed E-state index contributed by atoms with van der Waals surface area (Å²) >= 11 is 1.32. The molecule has 1 amide bonds. The number of hydrogen-bond donors (Lipinski definition) is 1. The highest BCUT2D eigenvalue weighted by Gasteiger charge is 2.09. The third-order valence-corrected chi connectivity index (χ3v) is 4.63. The summed E-state index contributed by atoms with van der Waals surface area (Å²) < 4.78 is 10.8. The molecule has 3 rings (SSSR count). The van der Waals surface area contributed by atoms with Gasteiger partial charge in [-0.15, -0.1) is 11.3 Å². The van der Waals surface area contributed by atoms with Crippen LogP contribution < -0.4 is 14.9 Å². The highest BCUT2D eigenvalue weighted by atomic mass is 32.1. The van der Waals surface area contributed by atoms with E-state index in [1.807, 2.05) is 37.4 Å². The molecule has 3 aromatic rings. The average molecular weight is 408 g/mol. The number of aryl methyl sites for hydroxylation is 2. The first-order chi connectivity index (χ1) is 14.0. The number of nitrogens with one attached hydrogen (secondary N) is 1. The molecule has 0 saturated heterocycles. The van der Waals surface area contributed by atoms with Crippen LogP contribution in [0.25, 0.3) is 0 Å². The number of ether oxygens (including phenoxy) is 2. The Bertz CT molecular complexity index is 992. The van der Waals surface area contributed by atoms with E-state index in [9.17, 15) is 9.59 Å². The van der Waals surface area contributed by atoms with Gasteiger partial charge in [0.15, 0.2) is 6.61 Å². The molecule has 0 aliphatic carbocycles. The number of amides is 1. The standard InChI is InChI=1S/C22H20N2O4S/c1-15-10-16(2)12-19(11-15)27-14-21(25)24-23-13-17-5-7-18(8-6-17)28-22(26)20-4-3-9-29-20/h3-13H,14H2,1-2H3,(H,24,25)/b23-13+. The molecule has 0 bridgehead atoms. The minimum atomic E-state index is -0.391. The van der Waals surface area contributed by atoms with Crippen molar-refractivity contribution in [3.63, 3.8) is 0 Å². The lowest BCUT2D eigenvalue weighted by Gasteiger charge is -2.07. The van der Waals surface area contributed by atoms with Gasteiger partial charge in [0.05, 0.1) is 6.21 Å². The molecule has 148 valence electrons. The molecule has 1 aromatic heterocycles. The molecule has 0 unspecified atom stereocenters. The molecule has 6 nitrogen and oxygen atoms in total. The number of hydrogen-bond acceptors (Lipinski definition) is 6. The molecule has 0 aliphatic rings. The first-order valence-electron chi connectivity index (χ1n) is 8.88. The predicted molar refractivity (Wildman–Crippen MR) is 113 cm³/mol. The third kappa shape index (κ3) is 6.29. The molecule has 0 fully saturated rings. The van der Waals surface area contributed by atoms with Crippen LogP contribution in [0.3, 0.4) is 0 Å². The maximum absolute atomic E-state index is 11.9. The smallest absolute Gasteiger partial charge is 0.353 e. The average Bonchev–Trinajstić information content (AvgIpc) is 3.22. The normalized spacial score (nSPS) is 10.7. The van der Waals surface area contributed by atoms with Gasteiger partial charge in [0.25, 0.3) is 5.91 Å². The highest BCUT2D eigenvalue weighted by Crippen LogP contribution is 2.17. The molecule has 2 aromatic carbocycles. The topological polar surface area (TPSA) is 77.0 Å². The Balaban J connectivity index is 1.46. The summed E-state index contributed by atoms with van der Waals surface area (Å²) in [5, 5.41) is 5.73. The molecule has 1 heterocycles. The van der Waals surface area contributed by atoms with Crippen molar-refractivity contribution in [3.8, 4) is 11.5 Å². The zero-order valence-corrected chi connectivity index (χ0v) is 16.9. The molecule has 29 heavy (non-hydrogen) atoms. The van der Waals surface area contributed by atoms with Gasteiger partial charge in [-0.3, -0.25) is 4.79 Å². The van der Waals surface area contributed by atoms with Crippen molar-refractivity contribution in [2.24, 2.45) is 5.10 Å². The van der Waals surface area contributed by atoms with Crippen molar-refractivity contribution < 1.29 is 19.1 Å². The Hall–Kier alpha value is -3.45. The van der Waals surface area contributed by atoms with Crippen LogP contribution in [0, 0.1) is 13.8 Å². The van der Waals surface area contributed by atoms with E-state index in [1.54, 1.807) is 36.4 Å². The van der Waals surface area contributed by atoms with Crippen LogP contribution in [0.2, 0.25) is 0 Å². The fraction of sp³-hybridized carbons (Fsp3) is 0.136. The van der Waals surface area contributed by atoms with Gasteiger partial charge < -0.3 is 9.47 Å². The fourth-order valence-corrected chi connectivity index (χ4v) is 3.15. The molecular formula is C22H20N2O4S. The van der Waals surface area contributed by atoms with E-state index < -0.39 is 5.97 Å². The number of benzene rings is 2. The summed E-state index contributed by atoms with van der Waals surface area (Å²) in [6.45, 7) is 3.81. The van der Waals surface area contributed by atoms with Crippen LogP contribution in [-0.2, 0) is 4.79 Å². The maximum atomic E-state index is 11.9. The molecule has 0 radical (unpaired) electrons. The second-order valence-electron chi connectivity index (χ2n) is 6.34. The largest absolute Gasteiger partial charge is 0.484 e. The first kappa shape index (κ1) is 20.3. The number of carbonyl (C=O) groups excluding carboxylic acids is 2. The summed E-state index contributed by atoms with van der Waals surface area (Å²) in [7, 11) is 0. The summed E-state index contributed by atoms with van der Waals surface area (Å²) in [5.74, 6) is 0.333. The van der Waals surface area contributed by atoms with Crippen molar-refractivity contribution in [1.29, 1.82) is 0 Å². The van der Waals surface area contributed by atoms with Crippen LogP contribution >= 0.6 is 11.3 Å². The molecule has 0 saturated carbocycles. The highest BCUT2D eigenvalue weighted by molar-refractivity contribution is 7.12. The third-order valence-electron chi connectivity index (χ3n) is 3.78. The van der Waals surface area contributed by atoms with Gasteiger partial charge in [-0.1, -0.05) is 12.1 Å². The Morgan fingerprint density at radius 2 is 1.76 bits per heavy atom. The maximum Gasteiger partial charge on any atom is 0.353 e. The molecule has 0 spiro atoms. The molecule has 7 heteroatoms. The van der Waals surface area contributed by atoms with Gasteiger partial charge in [0, 0.05) is 0 Å². The zero-order chi connectivity index (χ0) is 20.6. The molecule has 1 N–H and O–H groups in total. The minimum Gasteiger partial charge on any atom is -0.484 e. The van der Waals surface area contributed by atoms with Gasteiger partial charge in [-0.25, -0.2) is 10.2 Å². The van der Waals surface area contributed by atoms with Crippen molar-refractivity contribution in [2.75, 3.05) is 6.61 Å². The minimum absolute atomic E-state index is 0.127. The van der Waals surface area contributed by atoms with E-state index in [0.29, 0.717) is 16.4 Å². The summed E-state index contributed by atoms with van der Waals surface area (Å²) in [4.78, 5) is 24.3. The van der Waals surface area contributed by atoms with Crippen LogP contribution in [0.1, 0.15) is 26.4 Å². The number of thiophene rings is 1. The van der Waals surface area contributed by atoms with Gasteiger partial charge >= 0.3 is 5.97 Å². The lowest BCUT2D eigenvalue weighted by atomic mass is 10.1. The Morgan fingerprint density at radius 3 is 2.41 bits per heavy atom. The molecule has 0 atom stereocenters. The number of hydrazone groups is 1. The number of nitrogens with zero attached hydrogens (tertiary/aromatic N) is 1. The molecular weight excluding hydrogens is 388 g/mol. The van der Waals surface area contributed by atoms with E-state index in [4.69, 9.17) is 9.47 Å². The van der Waals surface area contributed by atoms with E-state index in [0.717, 1.165) is 16.7 Å². The summed E-state index contributed by atoms with van der Waals surface area (Å²) in [5.41, 5.74) is 5.31. The fourth-order valence-electron chi connectivity index (χ4n) is 2.55. The first-order valence-corrected chi connectivity index (χ1v) is 9.76. The van der Waals surface area contributed by atoms with E-state index in [1.165, 1.54) is 17.6 Å². The number of carbonyl (C=O) groups is 2. The Morgan fingerprint density at radius 1 is 1.03 bits per heavy atom. The van der Waals surface area contributed by atoms with Gasteiger partial charge in [-0.05, 0) is 78.4 Å². The van der Waals surface area contributed by atoms with Crippen LogP contribution in [0.4, 0.5) is 0 Å². The van der Waals surface area contributed by atoms with E-state index >= 15 is 0 Å². The second-order valence-corrected chi connectivity index (χ2v) is 7.29. The van der Waals surface area contributed by atoms with Crippen LogP contribution in [0.15, 0.2) is 65.1 Å². The monoisotopic (exact) mass is 408 g/mol. The van der Waals surface area contributed by atoms with Crippen molar-refractivity contribution >= 4 is 29.4 Å². The van der Waals surface area contributed by atoms with Gasteiger partial charge in [-0.2, -0.15) is 5.10 Å². The van der Waals surface area contributed by atoms with Gasteiger partial charge in [0.2, 0.25) is 0 Å². The predicted octanol–water partition coefficient (Wildman–Crippen LogP) is 4.11. The SMILES string of the molecule is Cc1cc(C)cc(OCC(=O)N/N=C/c2ccc(OC(=O)c3cccs3)cc2)c1. The van der Waals surface area contributed by atoms with Gasteiger partial charge in [0.1, 0.15) is 16.4 Å². The lowest BCUT2D eigenvalue weighted by Crippen LogP contribution is -2.24. The Kier molecular flexibility index (Phi) is 6.76. The van der Waals surface area contributed by atoms with Crippen molar-refractivity contribution in [2.45, 2.75) is 13.8 Å². The second kappa shape index (κ2) is 9.66. The summed E-state index contributed by atoms with van der Waals surface area (Å²) in [6.07, 6.45) is 1.50. The lowest BCUT2D eigenvalue weighted by molar-refractivity contribution is -0.123. The number of rotatable bonds is 7. The summed E-state index contributed by atoms with van der Waals surface area (Å²) in [6, 6.07) is 16.1. The quantitative estimate of drug-likeness (QED) is 0.276. The Labute approximate surface area is 172 Å².